The first kappa shape index (κ1) is 17.5. The van der Waals surface area contributed by atoms with Crippen LogP contribution in [0, 0.1) is 0 Å². The van der Waals surface area contributed by atoms with E-state index >= 15 is 0 Å². The molecule has 0 fully saturated rings. The summed E-state index contributed by atoms with van der Waals surface area (Å²) in [6, 6.07) is 8.12. The van der Waals surface area contributed by atoms with E-state index in [1.807, 2.05) is 30.1 Å². The minimum Gasteiger partial charge on any atom is -0.496 e. The summed E-state index contributed by atoms with van der Waals surface area (Å²) in [5.41, 5.74) is 6.59. The van der Waals surface area contributed by atoms with E-state index in [1.54, 1.807) is 7.11 Å². The van der Waals surface area contributed by atoms with Crippen molar-refractivity contribution in [2.45, 2.75) is 45.1 Å². The second-order valence-electron chi connectivity index (χ2n) is 5.47. The molecule has 4 heteroatoms. The molecular weight excluding hydrogens is 264 g/mol. The van der Waals surface area contributed by atoms with Gasteiger partial charge in [0.15, 0.2) is 0 Å². The maximum Gasteiger partial charge on any atom is 0.222 e. The molecule has 0 spiro atoms. The normalized spacial score (nSPS) is 12.0. The number of carbonyl (C=O) groups is 1. The van der Waals surface area contributed by atoms with Crippen LogP contribution >= 0.6 is 0 Å². The van der Waals surface area contributed by atoms with E-state index in [0.717, 1.165) is 37.0 Å². The summed E-state index contributed by atoms with van der Waals surface area (Å²) in [7, 11) is 3.56. The van der Waals surface area contributed by atoms with Crippen molar-refractivity contribution in [3.05, 3.63) is 29.8 Å². The molecule has 0 bridgehead atoms. The van der Waals surface area contributed by atoms with Crippen molar-refractivity contribution in [2.24, 2.45) is 5.73 Å². The molecule has 1 aromatic carbocycles. The minimum atomic E-state index is 0.156. The van der Waals surface area contributed by atoms with Gasteiger partial charge in [-0.1, -0.05) is 24.6 Å². The number of hydrogen-bond acceptors (Lipinski definition) is 3. The predicted octanol–water partition coefficient (Wildman–Crippen LogP) is 2.60. The first-order valence-electron chi connectivity index (χ1n) is 7.67. The molecular formula is C17H28N2O2. The third-order valence-electron chi connectivity index (χ3n) is 3.86. The van der Waals surface area contributed by atoms with Crippen LogP contribution in [0.4, 0.5) is 0 Å². The zero-order valence-electron chi connectivity index (χ0n) is 13.5. The number of methoxy groups -OCH3 is 1. The molecule has 1 rings (SSSR count). The number of amides is 1. The molecule has 0 aromatic heterocycles. The molecule has 0 heterocycles. The summed E-state index contributed by atoms with van der Waals surface area (Å²) in [4.78, 5) is 14.0. The van der Waals surface area contributed by atoms with Crippen molar-refractivity contribution in [1.29, 1.82) is 0 Å². The van der Waals surface area contributed by atoms with Crippen LogP contribution < -0.4 is 10.5 Å². The standard InChI is InChI=1S/C17H28N2O2/c1-14(13-15-9-6-7-10-16(15)21-3)19(2)17(20)11-5-4-8-12-18/h6-7,9-10,14H,4-5,8,11-13,18H2,1-3H3. The SMILES string of the molecule is COc1ccccc1CC(C)N(C)C(=O)CCCCCN. The van der Waals surface area contributed by atoms with Crippen LogP contribution in [-0.2, 0) is 11.2 Å². The van der Waals surface area contributed by atoms with Crippen molar-refractivity contribution >= 4 is 5.91 Å². The van der Waals surface area contributed by atoms with Gasteiger partial charge in [0.1, 0.15) is 5.75 Å². The summed E-state index contributed by atoms with van der Waals surface area (Å²) in [6.45, 7) is 2.78. The number of nitrogens with two attached hydrogens (primary N) is 1. The van der Waals surface area contributed by atoms with Gasteiger partial charge in [-0.25, -0.2) is 0 Å². The van der Waals surface area contributed by atoms with Gasteiger partial charge in [-0.05, 0) is 44.4 Å². The molecule has 1 unspecified atom stereocenters. The number of rotatable bonds is 9. The Morgan fingerprint density at radius 2 is 2.00 bits per heavy atom. The summed E-state index contributed by atoms with van der Waals surface area (Å²) >= 11 is 0. The quantitative estimate of drug-likeness (QED) is 0.712. The molecule has 1 aromatic rings. The van der Waals surface area contributed by atoms with E-state index in [-0.39, 0.29) is 11.9 Å². The van der Waals surface area contributed by atoms with Crippen LogP contribution in [0.2, 0.25) is 0 Å². The number of hydrogen-bond donors (Lipinski definition) is 1. The van der Waals surface area contributed by atoms with Crippen LogP contribution in [0.3, 0.4) is 0 Å². The topological polar surface area (TPSA) is 55.6 Å². The fourth-order valence-electron chi connectivity index (χ4n) is 2.35. The Morgan fingerprint density at radius 3 is 2.67 bits per heavy atom. The Balaban J connectivity index is 2.49. The molecule has 0 aliphatic heterocycles. The molecule has 0 aliphatic rings. The zero-order chi connectivity index (χ0) is 15.7. The molecule has 4 nitrogen and oxygen atoms in total. The van der Waals surface area contributed by atoms with E-state index in [2.05, 4.69) is 13.0 Å². The first-order chi connectivity index (χ1) is 10.1. The lowest BCUT2D eigenvalue weighted by molar-refractivity contribution is -0.131. The number of para-hydroxylation sites is 1. The fraction of sp³-hybridized carbons (Fsp3) is 0.588. The second-order valence-corrected chi connectivity index (χ2v) is 5.47. The van der Waals surface area contributed by atoms with Crippen LogP contribution in [0.15, 0.2) is 24.3 Å². The Bertz CT molecular complexity index is 435. The molecule has 21 heavy (non-hydrogen) atoms. The van der Waals surface area contributed by atoms with Crippen LogP contribution in [0.1, 0.15) is 38.2 Å². The molecule has 1 atom stereocenters. The summed E-state index contributed by atoms with van der Waals surface area (Å²) < 4.78 is 5.36. The van der Waals surface area contributed by atoms with E-state index in [9.17, 15) is 4.79 Å². The minimum absolute atomic E-state index is 0.156. The van der Waals surface area contributed by atoms with Crippen molar-refractivity contribution < 1.29 is 9.53 Å². The molecule has 0 saturated heterocycles. The maximum atomic E-state index is 12.2. The fourth-order valence-corrected chi connectivity index (χ4v) is 2.35. The summed E-state index contributed by atoms with van der Waals surface area (Å²) in [5, 5.41) is 0. The van der Waals surface area contributed by atoms with Gasteiger partial charge in [0.25, 0.3) is 0 Å². The predicted molar refractivity (Wildman–Crippen MR) is 86.5 cm³/mol. The molecule has 0 aliphatic carbocycles. The summed E-state index contributed by atoms with van der Waals surface area (Å²) in [6.07, 6.45) is 4.34. The van der Waals surface area contributed by atoms with Gasteiger partial charge >= 0.3 is 0 Å². The average molecular weight is 292 g/mol. The number of benzene rings is 1. The van der Waals surface area contributed by atoms with Gasteiger partial charge in [0, 0.05) is 19.5 Å². The maximum absolute atomic E-state index is 12.2. The van der Waals surface area contributed by atoms with Crippen molar-refractivity contribution in [1.82, 2.24) is 4.90 Å². The lowest BCUT2D eigenvalue weighted by Gasteiger charge is -2.25. The number of unbranched alkanes of at least 4 members (excludes halogenated alkanes) is 2. The number of nitrogens with zero attached hydrogens (tertiary/aromatic N) is 1. The van der Waals surface area contributed by atoms with Crippen molar-refractivity contribution in [3.63, 3.8) is 0 Å². The smallest absolute Gasteiger partial charge is 0.222 e. The van der Waals surface area contributed by atoms with Crippen LogP contribution in [0.5, 0.6) is 5.75 Å². The number of likely N-dealkylation sites (N-methyl/N-ethyl adjacent to an activating group) is 1. The Morgan fingerprint density at radius 1 is 1.29 bits per heavy atom. The highest BCUT2D eigenvalue weighted by Gasteiger charge is 2.17. The molecule has 2 N–H and O–H groups in total. The van der Waals surface area contributed by atoms with Gasteiger partial charge in [-0.2, -0.15) is 0 Å². The van der Waals surface area contributed by atoms with E-state index in [0.29, 0.717) is 13.0 Å². The Kier molecular flexibility index (Phi) is 7.83. The van der Waals surface area contributed by atoms with Gasteiger partial charge in [-0.15, -0.1) is 0 Å². The third kappa shape index (κ3) is 5.76. The Labute approximate surface area is 128 Å². The molecule has 0 saturated carbocycles. The van der Waals surface area contributed by atoms with E-state index in [1.165, 1.54) is 0 Å². The molecule has 1 amide bonds. The van der Waals surface area contributed by atoms with Gasteiger partial charge in [0.05, 0.1) is 7.11 Å². The average Bonchev–Trinajstić information content (AvgIpc) is 2.51. The highest BCUT2D eigenvalue weighted by molar-refractivity contribution is 5.76. The van der Waals surface area contributed by atoms with Crippen LogP contribution in [0.25, 0.3) is 0 Å². The van der Waals surface area contributed by atoms with Gasteiger partial charge < -0.3 is 15.4 Å². The van der Waals surface area contributed by atoms with Crippen molar-refractivity contribution in [3.8, 4) is 5.75 Å². The van der Waals surface area contributed by atoms with Gasteiger partial charge in [0.2, 0.25) is 5.91 Å². The monoisotopic (exact) mass is 292 g/mol. The largest absolute Gasteiger partial charge is 0.496 e. The second kappa shape index (κ2) is 9.40. The zero-order valence-corrected chi connectivity index (χ0v) is 13.5. The van der Waals surface area contributed by atoms with Crippen LogP contribution in [-0.4, -0.2) is 37.6 Å². The van der Waals surface area contributed by atoms with Crippen molar-refractivity contribution in [2.75, 3.05) is 20.7 Å². The number of ether oxygens (including phenoxy) is 1. The molecule has 0 radical (unpaired) electrons. The lowest BCUT2D eigenvalue weighted by Crippen LogP contribution is -2.36. The summed E-state index contributed by atoms with van der Waals surface area (Å²) in [5.74, 6) is 1.09. The highest BCUT2D eigenvalue weighted by Crippen LogP contribution is 2.20. The van der Waals surface area contributed by atoms with E-state index in [4.69, 9.17) is 10.5 Å². The lowest BCUT2D eigenvalue weighted by atomic mass is 10.0. The van der Waals surface area contributed by atoms with E-state index < -0.39 is 0 Å². The Hall–Kier alpha value is -1.55. The first-order valence-corrected chi connectivity index (χ1v) is 7.67. The number of carbonyl (C=O) groups excluding carboxylic acids is 1. The van der Waals surface area contributed by atoms with Gasteiger partial charge in [-0.3, -0.25) is 4.79 Å². The highest BCUT2D eigenvalue weighted by atomic mass is 16.5. The molecule has 118 valence electrons. The third-order valence-corrected chi connectivity index (χ3v) is 3.86.